The molecule has 1 N–H and O–H groups in total. The van der Waals surface area contributed by atoms with E-state index in [4.69, 9.17) is 9.15 Å². The van der Waals surface area contributed by atoms with E-state index in [0.717, 1.165) is 10.0 Å². The van der Waals surface area contributed by atoms with E-state index >= 15 is 0 Å². The summed E-state index contributed by atoms with van der Waals surface area (Å²) in [6.45, 7) is 0. The third kappa shape index (κ3) is 3.68. The number of hydrogen-bond acceptors (Lipinski definition) is 5. The number of nitrogens with zero attached hydrogens (tertiary/aromatic N) is 2. The van der Waals surface area contributed by atoms with Crippen molar-refractivity contribution in [3.63, 3.8) is 0 Å². The van der Waals surface area contributed by atoms with E-state index in [2.05, 4.69) is 31.2 Å². The van der Waals surface area contributed by atoms with E-state index in [1.54, 1.807) is 62.0 Å². The Morgan fingerprint density at radius 1 is 1.15 bits per heavy atom. The van der Waals surface area contributed by atoms with Gasteiger partial charge in [0.2, 0.25) is 5.89 Å². The fraction of sp³-hybridized carbons (Fsp3) is 0.0500. The normalized spacial score (nSPS) is 10.7. The first-order chi connectivity index (χ1) is 13.1. The first-order valence-electron chi connectivity index (χ1n) is 8.09. The zero-order chi connectivity index (χ0) is 18.8. The molecule has 7 heteroatoms. The molecule has 2 aromatic carbocycles. The second-order valence-electron chi connectivity index (χ2n) is 5.78. The summed E-state index contributed by atoms with van der Waals surface area (Å²) < 4.78 is 11.8. The summed E-state index contributed by atoms with van der Waals surface area (Å²) in [6.07, 6.45) is 3.37. The third-order valence-corrected chi connectivity index (χ3v) is 4.36. The molecule has 2 heterocycles. The summed E-state index contributed by atoms with van der Waals surface area (Å²) in [5, 5.41) is 2.86. The zero-order valence-electron chi connectivity index (χ0n) is 14.3. The monoisotopic (exact) mass is 423 g/mol. The van der Waals surface area contributed by atoms with Gasteiger partial charge in [-0.15, -0.1) is 0 Å². The van der Waals surface area contributed by atoms with Crippen molar-refractivity contribution in [3.05, 3.63) is 71.0 Å². The van der Waals surface area contributed by atoms with Crippen molar-refractivity contribution in [3.8, 4) is 17.2 Å². The standard InChI is InChI=1S/C20H14BrN3O3/c1-26-16-4-2-3-12(8-16)19(25)23-15-5-6-18-17(9-15)24-20(27-18)13-7-14(21)11-22-10-13/h2-11H,1H3,(H,23,25). The number of oxazole rings is 1. The lowest BCUT2D eigenvalue weighted by molar-refractivity contribution is 0.102. The van der Waals surface area contributed by atoms with E-state index in [9.17, 15) is 4.79 Å². The lowest BCUT2D eigenvalue weighted by atomic mass is 10.2. The molecule has 4 rings (SSSR count). The van der Waals surface area contributed by atoms with Gasteiger partial charge in [0.25, 0.3) is 5.91 Å². The van der Waals surface area contributed by atoms with Crippen LogP contribution < -0.4 is 10.1 Å². The van der Waals surface area contributed by atoms with Crippen LogP contribution in [0.4, 0.5) is 5.69 Å². The Morgan fingerprint density at radius 2 is 2.04 bits per heavy atom. The molecule has 0 aliphatic rings. The van der Waals surface area contributed by atoms with Crippen molar-refractivity contribution < 1.29 is 13.9 Å². The highest BCUT2D eigenvalue weighted by molar-refractivity contribution is 9.10. The number of fused-ring (bicyclic) bond motifs is 1. The summed E-state index contributed by atoms with van der Waals surface area (Å²) in [5.41, 5.74) is 3.18. The Labute approximate surface area is 163 Å². The molecule has 0 fully saturated rings. The van der Waals surface area contributed by atoms with Crippen molar-refractivity contribution in [1.29, 1.82) is 0 Å². The summed E-state index contributed by atoms with van der Waals surface area (Å²) in [4.78, 5) is 21.1. The number of hydrogen-bond donors (Lipinski definition) is 1. The predicted octanol–water partition coefficient (Wildman–Crippen LogP) is 4.91. The van der Waals surface area contributed by atoms with Gasteiger partial charge in [0.15, 0.2) is 5.58 Å². The Morgan fingerprint density at radius 3 is 2.85 bits per heavy atom. The Bertz CT molecular complexity index is 1140. The van der Waals surface area contributed by atoms with Gasteiger partial charge in [-0.3, -0.25) is 9.78 Å². The fourth-order valence-electron chi connectivity index (χ4n) is 2.63. The van der Waals surface area contributed by atoms with E-state index < -0.39 is 0 Å². The van der Waals surface area contributed by atoms with Crippen molar-refractivity contribution >= 4 is 38.6 Å². The molecule has 0 saturated heterocycles. The van der Waals surface area contributed by atoms with Crippen LogP contribution in [0.3, 0.4) is 0 Å². The fourth-order valence-corrected chi connectivity index (χ4v) is 2.99. The summed E-state index contributed by atoms with van der Waals surface area (Å²) in [5.74, 6) is 0.866. The molecule has 0 atom stereocenters. The minimum absolute atomic E-state index is 0.229. The molecule has 6 nitrogen and oxygen atoms in total. The van der Waals surface area contributed by atoms with Gasteiger partial charge in [0.1, 0.15) is 11.3 Å². The van der Waals surface area contributed by atoms with Crippen molar-refractivity contribution in [2.75, 3.05) is 12.4 Å². The number of aromatic nitrogens is 2. The van der Waals surface area contributed by atoms with E-state index in [1.165, 1.54) is 0 Å². The lowest BCUT2D eigenvalue weighted by Crippen LogP contribution is -2.11. The van der Waals surface area contributed by atoms with Crippen LogP contribution in [0.5, 0.6) is 5.75 Å². The number of halogens is 1. The maximum absolute atomic E-state index is 12.5. The number of methoxy groups -OCH3 is 1. The van der Waals surface area contributed by atoms with Crippen molar-refractivity contribution in [2.24, 2.45) is 0 Å². The SMILES string of the molecule is COc1cccc(C(=O)Nc2ccc3oc(-c4cncc(Br)c4)nc3c2)c1. The van der Waals surface area contributed by atoms with Crippen LogP contribution in [0.1, 0.15) is 10.4 Å². The molecule has 2 aromatic heterocycles. The molecule has 0 aliphatic heterocycles. The third-order valence-electron chi connectivity index (χ3n) is 3.93. The van der Waals surface area contributed by atoms with E-state index in [1.807, 2.05) is 6.07 Å². The van der Waals surface area contributed by atoms with Gasteiger partial charge in [-0.25, -0.2) is 4.98 Å². The van der Waals surface area contributed by atoms with Crippen LogP contribution in [-0.4, -0.2) is 23.0 Å². The minimum atomic E-state index is -0.229. The number of carbonyl (C=O) groups excluding carboxylic acids is 1. The van der Waals surface area contributed by atoms with Crippen LogP contribution in [-0.2, 0) is 0 Å². The number of benzene rings is 2. The molecule has 0 spiro atoms. The molecule has 0 bridgehead atoms. The number of nitrogens with one attached hydrogen (secondary N) is 1. The smallest absolute Gasteiger partial charge is 0.255 e. The van der Waals surface area contributed by atoms with Gasteiger partial charge < -0.3 is 14.5 Å². The molecule has 1 amide bonds. The average Bonchev–Trinajstić information content (AvgIpc) is 3.11. The van der Waals surface area contributed by atoms with E-state index in [-0.39, 0.29) is 5.91 Å². The van der Waals surface area contributed by atoms with Crippen LogP contribution in [0, 0.1) is 0 Å². The molecule has 134 valence electrons. The molecule has 27 heavy (non-hydrogen) atoms. The number of anilines is 1. The van der Waals surface area contributed by atoms with Gasteiger partial charge >= 0.3 is 0 Å². The maximum atomic E-state index is 12.5. The summed E-state index contributed by atoms with van der Waals surface area (Å²) >= 11 is 3.39. The molecule has 0 saturated carbocycles. The lowest BCUT2D eigenvalue weighted by Gasteiger charge is -2.06. The Kier molecular flexibility index (Phi) is 4.60. The Balaban J connectivity index is 1.60. The molecular formula is C20H14BrN3O3. The summed E-state index contributed by atoms with van der Waals surface area (Å²) in [6, 6.07) is 14.2. The quantitative estimate of drug-likeness (QED) is 0.504. The summed E-state index contributed by atoms with van der Waals surface area (Å²) in [7, 11) is 1.56. The number of rotatable bonds is 4. The van der Waals surface area contributed by atoms with Crippen molar-refractivity contribution in [1.82, 2.24) is 9.97 Å². The first-order valence-corrected chi connectivity index (χ1v) is 8.88. The maximum Gasteiger partial charge on any atom is 0.255 e. The topological polar surface area (TPSA) is 77.2 Å². The van der Waals surface area contributed by atoms with Crippen molar-refractivity contribution in [2.45, 2.75) is 0 Å². The largest absolute Gasteiger partial charge is 0.497 e. The number of amides is 1. The first kappa shape index (κ1) is 17.2. The number of pyridine rings is 1. The molecule has 0 radical (unpaired) electrons. The van der Waals surface area contributed by atoms with Gasteiger partial charge in [-0.05, 0) is 58.4 Å². The van der Waals surface area contributed by atoms with Crippen LogP contribution in [0.2, 0.25) is 0 Å². The predicted molar refractivity (Wildman–Crippen MR) is 106 cm³/mol. The molecule has 4 aromatic rings. The van der Waals surface area contributed by atoms with Gasteiger partial charge in [-0.2, -0.15) is 0 Å². The number of carbonyl (C=O) groups is 1. The molecular weight excluding hydrogens is 410 g/mol. The highest BCUT2D eigenvalue weighted by atomic mass is 79.9. The highest BCUT2D eigenvalue weighted by Crippen LogP contribution is 2.27. The van der Waals surface area contributed by atoms with E-state index in [0.29, 0.717) is 34.0 Å². The second-order valence-corrected chi connectivity index (χ2v) is 6.70. The van der Waals surface area contributed by atoms with Crippen LogP contribution >= 0.6 is 15.9 Å². The number of ether oxygens (including phenoxy) is 1. The minimum Gasteiger partial charge on any atom is -0.497 e. The van der Waals surface area contributed by atoms with Crippen LogP contribution in [0.15, 0.2) is 69.8 Å². The second kappa shape index (κ2) is 7.20. The molecule has 0 unspecified atom stereocenters. The van der Waals surface area contributed by atoms with Gasteiger partial charge in [0, 0.05) is 28.1 Å². The zero-order valence-corrected chi connectivity index (χ0v) is 15.9. The van der Waals surface area contributed by atoms with Gasteiger partial charge in [0.05, 0.1) is 12.7 Å². The molecule has 0 aliphatic carbocycles. The Hall–Kier alpha value is -3.19. The average molecular weight is 424 g/mol. The highest BCUT2D eigenvalue weighted by Gasteiger charge is 2.12. The van der Waals surface area contributed by atoms with Gasteiger partial charge in [-0.1, -0.05) is 6.07 Å². The van der Waals surface area contributed by atoms with Crippen LogP contribution in [0.25, 0.3) is 22.6 Å².